The average Bonchev–Trinajstić information content (AvgIpc) is 2.26. The second-order valence-corrected chi connectivity index (χ2v) is 3.30. The van der Waals surface area contributed by atoms with Gasteiger partial charge in [-0.15, -0.1) is 0 Å². The molecule has 0 N–H and O–H groups in total. The van der Waals surface area contributed by atoms with Crippen molar-refractivity contribution in [3.8, 4) is 0 Å². The van der Waals surface area contributed by atoms with Crippen LogP contribution < -0.4 is 0 Å². The number of carbonyl (C=O) groups is 2. The van der Waals surface area contributed by atoms with Crippen molar-refractivity contribution in [1.82, 2.24) is 4.90 Å². The van der Waals surface area contributed by atoms with Crippen LogP contribution in [0.1, 0.15) is 19.8 Å². The summed E-state index contributed by atoms with van der Waals surface area (Å²) in [5.74, 6) is -0.0594. The van der Waals surface area contributed by atoms with Crippen molar-refractivity contribution in [2.75, 3.05) is 6.54 Å². The van der Waals surface area contributed by atoms with E-state index in [1.165, 1.54) is 6.92 Å². The molecule has 4 nitrogen and oxygen atoms in total. The molecular formula is C8H11NO3. The minimum atomic E-state index is -0.249. The zero-order valence-electron chi connectivity index (χ0n) is 6.95. The maximum absolute atomic E-state index is 10.9. The lowest BCUT2D eigenvalue weighted by atomic mass is 10.0. The lowest BCUT2D eigenvalue weighted by Gasteiger charge is -2.36. The average molecular weight is 169 g/mol. The predicted molar refractivity (Wildman–Crippen MR) is 40.3 cm³/mol. The van der Waals surface area contributed by atoms with Gasteiger partial charge in [0.05, 0.1) is 12.5 Å². The molecule has 1 amide bonds. The Balaban J connectivity index is 1.95. The van der Waals surface area contributed by atoms with E-state index in [-0.39, 0.29) is 24.0 Å². The summed E-state index contributed by atoms with van der Waals surface area (Å²) in [5.41, 5.74) is 0. The molecular weight excluding hydrogens is 158 g/mol. The second-order valence-electron chi connectivity index (χ2n) is 3.30. The summed E-state index contributed by atoms with van der Waals surface area (Å²) in [6.45, 7) is 2.16. The summed E-state index contributed by atoms with van der Waals surface area (Å²) in [7, 11) is 0. The van der Waals surface area contributed by atoms with Crippen molar-refractivity contribution in [3.63, 3.8) is 0 Å². The van der Waals surface area contributed by atoms with E-state index in [1.807, 2.05) is 0 Å². The molecule has 0 saturated carbocycles. The second kappa shape index (κ2) is 2.47. The Bertz CT molecular complexity index is 238. The number of carbonyl (C=O) groups excluding carboxylic acids is 2. The van der Waals surface area contributed by atoms with Crippen molar-refractivity contribution in [2.45, 2.75) is 31.9 Å². The Labute approximate surface area is 70.5 Å². The number of rotatable bonds is 1. The molecule has 66 valence electrons. The lowest BCUT2D eigenvalue weighted by molar-refractivity contribution is -0.156. The fraction of sp³-hybridized carbons (Fsp3) is 0.750. The van der Waals surface area contributed by atoms with Crippen LogP contribution in [-0.4, -0.2) is 35.5 Å². The molecule has 2 saturated heterocycles. The molecule has 4 heteroatoms. The topological polar surface area (TPSA) is 46.6 Å². The van der Waals surface area contributed by atoms with Gasteiger partial charge in [-0.3, -0.25) is 9.59 Å². The summed E-state index contributed by atoms with van der Waals surface area (Å²) in [5, 5.41) is 0. The quantitative estimate of drug-likeness (QED) is 0.407. The number of esters is 1. The van der Waals surface area contributed by atoms with Crippen LogP contribution in [0, 0.1) is 0 Å². The zero-order valence-corrected chi connectivity index (χ0v) is 6.95. The van der Waals surface area contributed by atoms with Crippen LogP contribution in [0.25, 0.3) is 0 Å². The first-order chi connectivity index (χ1) is 5.68. The SMILES string of the molecule is CC(=O)OC1CCN2C(=O)C[C@@H]12. The third kappa shape index (κ3) is 0.983. The van der Waals surface area contributed by atoms with Crippen LogP contribution >= 0.6 is 0 Å². The van der Waals surface area contributed by atoms with Crippen molar-refractivity contribution in [2.24, 2.45) is 0 Å². The Morgan fingerprint density at radius 1 is 1.67 bits per heavy atom. The van der Waals surface area contributed by atoms with Crippen molar-refractivity contribution < 1.29 is 14.3 Å². The van der Waals surface area contributed by atoms with Gasteiger partial charge in [0.15, 0.2) is 0 Å². The van der Waals surface area contributed by atoms with Gasteiger partial charge in [-0.05, 0) is 0 Å². The molecule has 0 radical (unpaired) electrons. The summed E-state index contributed by atoms with van der Waals surface area (Å²) < 4.78 is 5.06. The minimum absolute atomic E-state index is 0.0415. The normalized spacial score (nSPS) is 32.8. The number of ether oxygens (including phenoxy) is 1. The Hall–Kier alpha value is -1.06. The van der Waals surface area contributed by atoms with Gasteiger partial charge in [-0.1, -0.05) is 0 Å². The van der Waals surface area contributed by atoms with Gasteiger partial charge in [-0.25, -0.2) is 0 Å². The van der Waals surface area contributed by atoms with Crippen LogP contribution in [0.2, 0.25) is 0 Å². The third-order valence-electron chi connectivity index (χ3n) is 2.51. The molecule has 2 heterocycles. The van der Waals surface area contributed by atoms with Gasteiger partial charge in [0.1, 0.15) is 6.10 Å². The number of amides is 1. The van der Waals surface area contributed by atoms with Gasteiger partial charge in [-0.2, -0.15) is 0 Å². The summed E-state index contributed by atoms with van der Waals surface area (Å²) in [4.78, 5) is 23.3. The largest absolute Gasteiger partial charge is 0.460 e. The first-order valence-electron chi connectivity index (χ1n) is 4.15. The summed E-state index contributed by atoms with van der Waals surface area (Å²) >= 11 is 0. The van der Waals surface area contributed by atoms with Crippen LogP contribution in [0.3, 0.4) is 0 Å². The van der Waals surface area contributed by atoms with Crippen molar-refractivity contribution in [3.05, 3.63) is 0 Å². The van der Waals surface area contributed by atoms with E-state index in [9.17, 15) is 9.59 Å². The van der Waals surface area contributed by atoms with Gasteiger partial charge in [0.25, 0.3) is 0 Å². The minimum Gasteiger partial charge on any atom is -0.460 e. The van der Waals surface area contributed by atoms with Crippen LogP contribution in [0.15, 0.2) is 0 Å². The molecule has 0 aliphatic carbocycles. The summed E-state index contributed by atoms with van der Waals surface area (Å²) in [6, 6.07) is 0.182. The maximum atomic E-state index is 10.9. The molecule has 0 bridgehead atoms. The monoisotopic (exact) mass is 169 g/mol. The van der Waals surface area contributed by atoms with Crippen molar-refractivity contribution in [1.29, 1.82) is 0 Å². The first-order valence-corrected chi connectivity index (χ1v) is 4.15. The number of nitrogens with zero attached hydrogens (tertiary/aromatic N) is 1. The Morgan fingerprint density at radius 2 is 2.42 bits per heavy atom. The molecule has 0 aromatic heterocycles. The van der Waals surface area contributed by atoms with Crippen LogP contribution in [-0.2, 0) is 14.3 Å². The number of hydrogen-bond donors (Lipinski definition) is 0. The van der Waals surface area contributed by atoms with E-state index in [1.54, 1.807) is 4.90 Å². The third-order valence-corrected chi connectivity index (χ3v) is 2.51. The van der Waals surface area contributed by atoms with Crippen molar-refractivity contribution >= 4 is 11.9 Å². The smallest absolute Gasteiger partial charge is 0.302 e. The fourth-order valence-corrected chi connectivity index (χ4v) is 1.91. The highest BCUT2D eigenvalue weighted by Gasteiger charge is 2.47. The molecule has 2 fully saturated rings. The number of fused-ring (bicyclic) bond motifs is 1. The molecule has 0 spiro atoms. The molecule has 0 aromatic rings. The zero-order chi connectivity index (χ0) is 8.72. The van der Waals surface area contributed by atoms with Gasteiger partial charge < -0.3 is 9.64 Å². The fourth-order valence-electron chi connectivity index (χ4n) is 1.91. The highest BCUT2D eigenvalue weighted by Crippen LogP contribution is 2.32. The standard InChI is InChI=1S/C8H11NO3/c1-5(10)12-7-2-3-9-6(7)4-8(9)11/h6-7H,2-4H2,1H3/t6-,7?/m0/s1. The molecule has 2 rings (SSSR count). The summed E-state index contributed by atoms with van der Waals surface area (Å²) in [6.07, 6.45) is 1.31. The van der Waals surface area contributed by atoms with E-state index in [0.717, 1.165) is 13.0 Å². The molecule has 2 aliphatic rings. The molecule has 1 unspecified atom stereocenters. The Morgan fingerprint density at radius 3 is 2.92 bits per heavy atom. The lowest BCUT2D eigenvalue weighted by Crippen LogP contribution is -2.52. The number of β-lactam (4-membered cyclic amide) rings is 1. The van der Waals surface area contributed by atoms with E-state index >= 15 is 0 Å². The first kappa shape index (κ1) is 7.58. The van der Waals surface area contributed by atoms with E-state index in [4.69, 9.17) is 4.74 Å². The Kier molecular flexibility index (Phi) is 1.56. The van der Waals surface area contributed by atoms with E-state index < -0.39 is 0 Å². The highest BCUT2D eigenvalue weighted by atomic mass is 16.5. The van der Waals surface area contributed by atoms with Crippen LogP contribution in [0.4, 0.5) is 0 Å². The molecule has 2 aliphatic heterocycles. The van der Waals surface area contributed by atoms with Crippen LogP contribution in [0.5, 0.6) is 0 Å². The van der Waals surface area contributed by atoms with Gasteiger partial charge in [0, 0.05) is 19.9 Å². The van der Waals surface area contributed by atoms with E-state index in [2.05, 4.69) is 0 Å². The maximum Gasteiger partial charge on any atom is 0.302 e. The predicted octanol–water partition coefficient (Wildman–Crippen LogP) is -0.0773. The number of hydrogen-bond acceptors (Lipinski definition) is 3. The van der Waals surface area contributed by atoms with Gasteiger partial charge >= 0.3 is 5.97 Å². The highest BCUT2D eigenvalue weighted by molar-refractivity contribution is 5.84. The molecule has 0 aromatic carbocycles. The van der Waals surface area contributed by atoms with E-state index in [0.29, 0.717) is 6.42 Å². The molecule has 12 heavy (non-hydrogen) atoms. The molecule has 2 atom stereocenters. The van der Waals surface area contributed by atoms with Gasteiger partial charge in [0.2, 0.25) is 5.91 Å².